The number of ketones is 1. The maximum absolute atomic E-state index is 13.2. The van der Waals surface area contributed by atoms with E-state index in [1.807, 2.05) is 43.3 Å². The van der Waals surface area contributed by atoms with Crippen molar-refractivity contribution in [3.8, 4) is 17.2 Å². The molecule has 2 aromatic carbocycles. The number of carbonyl (C=O) groups excluding carboxylic acids is 1. The Labute approximate surface area is 185 Å². The number of nitrogens with two attached hydrogens (primary N) is 2. The van der Waals surface area contributed by atoms with Crippen molar-refractivity contribution in [1.82, 2.24) is 4.98 Å². The first-order chi connectivity index (χ1) is 14.8. The maximum Gasteiger partial charge on any atom is 0.205 e. The molecule has 4 aromatic rings. The highest BCUT2D eigenvalue weighted by Gasteiger charge is 2.24. The second-order valence-electron chi connectivity index (χ2n) is 7.86. The van der Waals surface area contributed by atoms with Gasteiger partial charge in [-0.2, -0.15) is 5.26 Å². The normalized spacial score (nSPS) is 11.1. The zero-order valence-corrected chi connectivity index (χ0v) is 18.4. The average molecular weight is 427 g/mol. The summed E-state index contributed by atoms with van der Waals surface area (Å²) in [6, 6.07) is 17.5. The zero-order chi connectivity index (χ0) is 22.3. The van der Waals surface area contributed by atoms with Crippen LogP contribution in [0.3, 0.4) is 0 Å². The van der Waals surface area contributed by atoms with Crippen LogP contribution in [0.25, 0.3) is 21.3 Å². The van der Waals surface area contributed by atoms with Gasteiger partial charge in [0.05, 0.1) is 5.69 Å². The van der Waals surface area contributed by atoms with E-state index in [9.17, 15) is 10.1 Å². The molecule has 0 amide bonds. The van der Waals surface area contributed by atoms with Crippen LogP contribution in [-0.2, 0) is 0 Å². The van der Waals surface area contributed by atoms with Gasteiger partial charge in [0.1, 0.15) is 27.2 Å². The minimum atomic E-state index is -0.168. The molecule has 0 aliphatic heterocycles. The number of hydrogen-bond acceptors (Lipinski definition) is 6. The first-order valence-corrected chi connectivity index (χ1v) is 10.8. The first kappa shape index (κ1) is 20.6. The number of pyridine rings is 1. The monoisotopic (exact) mass is 426 g/mol. The smallest absolute Gasteiger partial charge is 0.205 e. The van der Waals surface area contributed by atoms with Gasteiger partial charge in [-0.1, -0.05) is 67.9 Å². The number of nitrogen functional groups attached to an aromatic ring is 2. The van der Waals surface area contributed by atoms with E-state index in [0.717, 1.165) is 11.1 Å². The van der Waals surface area contributed by atoms with Crippen molar-refractivity contribution in [2.75, 3.05) is 11.5 Å². The summed E-state index contributed by atoms with van der Waals surface area (Å²) in [4.78, 5) is 18.5. The molecule has 154 valence electrons. The van der Waals surface area contributed by atoms with Gasteiger partial charge in [-0.25, -0.2) is 4.98 Å². The second kappa shape index (κ2) is 7.86. The van der Waals surface area contributed by atoms with Crippen LogP contribution >= 0.6 is 11.3 Å². The molecule has 4 rings (SSSR count). The van der Waals surface area contributed by atoms with E-state index in [1.54, 1.807) is 12.1 Å². The van der Waals surface area contributed by atoms with Crippen molar-refractivity contribution in [1.29, 1.82) is 5.26 Å². The Morgan fingerprint density at radius 3 is 2.29 bits per heavy atom. The van der Waals surface area contributed by atoms with Gasteiger partial charge in [0.25, 0.3) is 0 Å². The number of carbonyl (C=O) groups is 1. The van der Waals surface area contributed by atoms with Crippen LogP contribution in [0, 0.1) is 18.3 Å². The fourth-order valence-electron chi connectivity index (χ4n) is 3.61. The lowest BCUT2D eigenvalue weighted by Gasteiger charge is -2.11. The SMILES string of the molecule is Cc1ccc(C(=O)c2sc3nc(N)c(C#N)c(-c4ccc(C(C)C)cc4)c3c2N)cc1. The number of anilines is 2. The quantitative estimate of drug-likeness (QED) is 0.409. The van der Waals surface area contributed by atoms with Gasteiger partial charge in [-0.05, 0) is 24.0 Å². The van der Waals surface area contributed by atoms with Crippen molar-refractivity contribution in [3.05, 3.63) is 75.7 Å². The molecule has 5 nitrogen and oxygen atoms in total. The molecule has 2 heterocycles. The van der Waals surface area contributed by atoms with E-state index >= 15 is 0 Å². The van der Waals surface area contributed by atoms with Gasteiger partial charge >= 0.3 is 0 Å². The molecule has 0 atom stereocenters. The van der Waals surface area contributed by atoms with Gasteiger partial charge in [0.15, 0.2) is 0 Å². The predicted molar refractivity (Wildman–Crippen MR) is 127 cm³/mol. The molecular formula is C25H22N4OS. The van der Waals surface area contributed by atoms with Crippen molar-refractivity contribution in [2.24, 2.45) is 0 Å². The Hall–Kier alpha value is -3.69. The third-order valence-electron chi connectivity index (χ3n) is 5.40. The Morgan fingerprint density at radius 2 is 1.71 bits per heavy atom. The lowest BCUT2D eigenvalue weighted by atomic mass is 9.94. The second-order valence-corrected chi connectivity index (χ2v) is 8.85. The number of hydrogen-bond donors (Lipinski definition) is 2. The highest BCUT2D eigenvalue weighted by atomic mass is 32.1. The van der Waals surface area contributed by atoms with Gasteiger partial charge in [0.2, 0.25) is 5.78 Å². The fraction of sp³-hybridized carbons (Fsp3) is 0.160. The van der Waals surface area contributed by atoms with E-state index in [2.05, 4.69) is 24.9 Å². The third kappa shape index (κ3) is 3.54. The molecule has 0 fully saturated rings. The number of aryl methyl sites for hydroxylation is 1. The van der Waals surface area contributed by atoms with E-state index in [-0.39, 0.29) is 17.2 Å². The number of aromatic nitrogens is 1. The lowest BCUT2D eigenvalue weighted by Crippen LogP contribution is -2.03. The van der Waals surface area contributed by atoms with Crippen LogP contribution in [0.15, 0.2) is 48.5 Å². The molecular weight excluding hydrogens is 404 g/mol. The topological polar surface area (TPSA) is 106 Å². The lowest BCUT2D eigenvalue weighted by molar-refractivity contribution is 0.104. The summed E-state index contributed by atoms with van der Waals surface area (Å²) in [5.74, 6) is 0.351. The molecule has 0 aliphatic carbocycles. The maximum atomic E-state index is 13.2. The molecule has 0 bridgehead atoms. The molecule has 0 saturated heterocycles. The number of rotatable bonds is 4. The van der Waals surface area contributed by atoms with E-state index in [4.69, 9.17) is 11.5 Å². The third-order valence-corrected chi connectivity index (χ3v) is 6.50. The van der Waals surface area contributed by atoms with Crippen molar-refractivity contribution in [2.45, 2.75) is 26.7 Å². The molecule has 31 heavy (non-hydrogen) atoms. The van der Waals surface area contributed by atoms with E-state index < -0.39 is 0 Å². The molecule has 0 radical (unpaired) electrons. The van der Waals surface area contributed by atoms with Gasteiger partial charge in [-0.15, -0.1) is 11.3 Å². The summed E-state index contributed by atoms with van der Waals surface area (Å²) >= 11 is 1.21. The van der Waals surface area contributed by atoms with Crippen LogP contribution in [0.4, 0.5) is 11.5 Å². The first-order valence-electron chi connectivity index (χ1n) is 9.95. The van der Waals surface area contributed by atoms with Crippen molar-refractivity contribution in [3.63, 3.8) is 0 Å². The van der Waals surface area contributed by atoms with Gasteiger partial charge in [-0.3, -0.25) is 4.79 Å². The average Bonchev–Trinajstić information content (AvgIpc) is 3.08. The van der Waals surface area contributed by atoms with Crippen molar-refractivity contribution < 1.29 is 4.79 Å². The van der Waals surface area contributed by atoms with Crippen LogP contribution in [0.1, 0.15) is 51.7 Å². The molecule has 6 heteroatoms. The highest BCUT2D eigenvalue weighted by molar-refractivity contribution is 7.21. The molecule has 0 aliphatic rings. The fourth-order valence-corrected chi connectivity index (χ4v) is 4.69. The number of nitrogens with zero attached hydrogens (tertiary/aromatic N) is 2. The van der Waals surface area contributed by atoms with E-state index in [0.29, 0.717) is 37.8 Å². The molecule has 0 spiro atoms. The molecule has 0 saturated carbocycles. The Kier molecular flexibility index (Phi) is 5.22. The minimum absolute atomic E-state index is 0.133. The molecule has 2 aromatic heterocycles. The Bertz CT molecular complexity index is 1340. The van der Waals surface area contributed by atoms with Crippen LogP contribution in [-0.4, -0.2) is 10.8 Å². The van der Waals surface area contributed by atoms with Crippen LogP contribution < -0.4 is 11.5 Å². The standard InChI is InChI=1S/C25H22N4OS/c1-13(2)15-8-10-16(11-9-15)19-18(12-26)24(28)29-25-20(19)21(27)23(31-25)22(30)17-6-4-14(3)5-7-17/h4-11,13H,27H2,1-3H3,(H2,28,29). The Morgan fingerprint density at radius 1 is 1.06 bits per heavy atom. The Balaban J connectivity index is 1.96. The van der Waals surface area contributed by atoms with Crippen LogP contribution in [0.2, 0.25) is 0 Å². The summed E-state index contributed by atoms with van der Waals surface area (Å²) in [5.41, 5.74) is 17.5. The summed E-state index contributed by atoms with van der Waals surface area (Å²) in [7, 11) is 0. The predicted octanol–water partition coefficient (Wildman–Crippen LogP) is 5.66. The molecule has 0 unspecified atom stereocenters. The van der Waals surface area contributed by atoms with Gasteiger partial charge < -0.3 is 11.5 Å². The number of thiophene rings is 1. The summed E-state index contributed by atoms with van der Waals surface area (Å²) < 4.78 is 0. The number of fused-ring (bicyclic) bond motifs is 1. The number of benzene rings is 2. The minimum Gasteiger partial charge on any atom is -0.397 e. The van der Waals surface area contributed by atoms with Crippen molar-refractivity contribution >= 4 is 38.8 Å². The zero-order valence-electron chi connectivity index (χ0n) is 17.6. The van der Waals surface area contributed by atoms with Gasteiger partial charge in [0, 0.05) is 16.5 Å². The summed E-state index contributed by atoms with van der Waals surface area (Å²) in [6.45, 7) is 6.21. The van der Waals surface area contributed by atoms with E-state index in [1.165, 1.54) is 16.9 Å². The molecule has 4 N–H and O–H groups in total. The summed E-state index contributed by atoms with van der Waals surface area (Å²) in [5, 5.41) is 10.4. The van der Waals surface area contributed by atoms with Crippen LogP contribution in [0.5, 0.6) is 0 Å². The summed E-state index contributed by atoms with van der Waals surface area (Å²) in [6.07, 6.45) is 0. The largest absolute Gasteiger partial charge is 0.397 e. The highest BCUT2D eigenvalue weighted by Crippen LogP contribution is 2.43. The number of nitriles is 1.